The number of nitrogens with zero attached hydrogens (tertiary/aromatic N) is 3. The van der Waals surface area contributed by atoms with Crippen LogP contribution in [0.5, 0.6) is 0 Å². The van der Waals surface area contributed by atoms with Gasteiger partial charge in [0.2, 0.25) is 0 Å². The first-order valence-electron chi connectivity index (χ1n) is 7.63. The largest absolute Gasteiger partial charge is 0.311 e. The second-order valence-electron chi connectivity index (χ2n) is 5.02. The van der Waals surface area contributed by atoms with Crippen molar-refractivity contribution in [1.82, 2.24) is 20.1 Å². The van der Waals surface area contributed by atoms with E-state index in [-0.39, 0.29) is 0 Å². The molecule has 0 aliphatic carbocycles. The smallest absolute Gasteiger partial charge is 0.154 e. The molecule has 0 aromatic carbocycles. The van der Waals surface area contributed by atoms with Crippen molar-refractivity contribution in [2.75, 3.05) is 6.54 Å². The molecule has 2 aromatic heterocycles. The Labute approximate surface area is 131 Å². The highest BCUT2D eigenvalue weighted by atomic mass is 35.5. The molecule has 21 heavy (non-hydrogen) atoms. The molecule has 0 aliphatic rings. The van der Waals surface area contributed by atoms with Gasteiger partial charge in [0.25, 0.3) is 0 Å². The first-order valence-corrected chi connectivity index (χ1v) is 8.01. The van der Waals surface area contributed by atoms with Crippen LogP contribution in [0.15, 0.2) is 18.2 Å². The lowest BCUT2D eigenvalue weighted by molar-refractivity contribution is 0.659. The Bertz CT molecular complexity index is 592. The summed E-state index contributed by atoms with van der Waals surface area (Å²) in [5.41, 5.74) is 3.14. The van der Waals surface area contributed by atoms with Crippen LogP contribution in [0.4, 0.5) is 0 Å². The van der Waals surface area contributed by atoms with Crippen LogP contribution in [-0.4, -0.2) is 21.3 Å². The van der Waals surface area contributed by atoms with Crippen molar-refractivity contribution in [2.45, 2.75) is 46.6 Å². The molecule has 4 nitrogen and oxygen atoms in total. The highest BCUT2D eigenvalue weighted by molar-refractivity contribution is 6.31. The number of pyridine rings is 1. The predicted octanol–water partition coefficient (Wildman–Crippen LogP) is 3.55. The summed E-state index contributed by atoms with van der Waals surface area (Å²) in [5, 5.41) is 8.66. The Hall–Kier alpha value is -1.39. The molecule has 0 saturated heterocycles. The Kier molecular flexibility index (Phi) is 5.76. The summed E-state index contributed by atoms with van der Waals surface area (Å²) in [4.78, 5) is 4.68. The van der Waals surface area contributed by atoms with Crippen LogP contribution in [0.25, 0.3) is 5.82 Å². The van der Waals surface area contributed by atoms with Gasteiger partial charge in [0.05, 0.1) is 16.4 Å². The molecule has 114 valence electrons. The van der Waals surface area contributed by atoms with Crippen LogP contribution >= 0.6 is 11.6 Å². The average molecular weight is 307 g/mol. The summed E-state index contributed by atoms with van der Waals surface area (Å²) in [6.07, 6.45) is 2.95. The van der Waals surface area contributed by atoms with E-state index in [4.69, 9.17) is 11.6 Å². The zero-order chi connectivity index (χ0) is 15.2. The third kappa shape index (κ3) is 3.83. The minimum Gasteiger partial charge on any atom is -0.311 e. The molecule has 5 heteroatoms. The molecule has 0 unspecified atom stereocenters. The third-order valence-electron chi connectivity index (χ3n) is 3.40. The SMILES string of the molecule is CCCNCc1nc(-n2nc(CC)cc2CC)ccc1Cl. The molecular weight excluding hydrogens is 284 g/mol. The van der Waals surface area contributed by atoms with Gasteiger partial charge in [0.1, 0.15) is 0 Å². The van der Waals surface area contributed by atoms with Gasteiger partial charge in [-0.15, -0.1) is 0 Å². The van der Waals surface area contributed by atoms with Gasteiger partial charge in [-0.05, 0) is 44.0 Å². The lowest BCUT2D eigenvalue weighted by Gasteiger charge is -2.09. The lowest BCUT2D eigenvalue weighted by atomic mass is 10.2. The van der Waals surface area contributed by atoms with Crippen LogP contribution in [0, 0.1) is 0 Å². The van der Waals surface area contributed by atoms with Crippen molar-refractivity contribution in [1.29, 1.82) is 0 Å². The molecule has 2 heterocycles. The van der Waals surface area contributed by atoms with Crippen molar-refractivity contribution in [3.05, 3.63) is 40.3 Å². The standard InChI is InChI=1S/C16H23ClN4/c1-4-9-18-11-15-14(17)7-8-16(19-15)21-13(6-3)10-12(5-2)20-21/h7-8,10,18H,4-6,9,11H2,1-3H3. The van der Waals surface area contributed by atoms with Gasteiger partial charge in [-0.1, -0.05) is 32.4 Å². The summed E-state index contributed by atoms with van der Waals surface area (Å²) in [6, 6.07) is 5.97. The van der Waals surface area contributed by atoms with Crippen LogP contribution < -0.4 is 5.32 Å². The second kappa shape index (κ2) is 7.57. The number of aromatic nitrogens is 3. The van der Waals surface area contributed by atoms with E-state index in [9.17, 15) is 0 Å². The van der Waals surface area contributed by atoms with E-state index in [0.29, 0.717) is 11.6 Å². The van der Waals surface area contributed by atoms with Crippen molar-refractivity contribution in [3.8, 4) is 5.82 Å². The van der Waals surface area contributed by atoms with Crippen LogP contribution in [0.1, 0.15) is 44.3 Å². The zero-order valence-electron chi connectivity index (χ0n) is 13.0. The van der Waals surface area contributed by atoms with Crippen molar-refractivity contribution >= 4 is 11.6 Å². The highest BCUT2D eigenvalue weighted by Crippen LogP contribution is 2.18. The molecule has 2 rings (SSSR count). The second-order valence-corrected chi connectivity index (χ2v) is 5.43. The minimum atomic E-state index is 0.684. The van der Waals surface area contributed by atoms with Crippen molar-refractivity contribution in [2.24, 2.45) is 0 Å². The zero-order valence-corrected chi connectivity index (χ0v) is 13.7. The summed E-state index contributed by atoms with van der Waals surface area (Å²) < 4.78 is 1.93. The number of hydrogen-bond donors (Lipinski definition) is 1. The molecule has 2 aromatic rings. The van der Waals surface area contributed by atoms with E-state index in [1.54, 1.807) is 0 Å². The predicted molar refractivity (Wildman–Crippen MR) is 87.1 cm³/mol. The normalized spacial score (nSPS) is 11.0. The number of hydrogen-bond acceptors (Lipinski definition) is 3. The summed E-state index contributed by atoms with van der Waals surface area (Å²) in [7, 11) is 0. The number of halogens is 1. The first kappa shape index (κ1) is 16.0. The summed E-state index contributed by atoms with van der Waals surface area (Å²) in [6.45, 7) is 8.03. The van der Waals surface area contributed by atoms with E-state index >= 15 is 0 Å². The van der Waals surface area contributed by atoms with E-state index in [0.717, 1.165) is 43.0 Å². The molecule has 0 atom stereocenters. The van der Waals surface area contributed by atoms with E-state index in [1.165, 1.54) is 5.69 Å². The molecular formula is C16H23ClN4. The molecule has 0 radical (unpaired) electrons. The van der Waals surface area contributed by atoms with Gasteiger partial charge >= 0.3 is 0 Å². The maximum Gasteiger partial charge on any atom is 0.154 e. The highest BCUT2D eigenvalue weighted by Gasteiger charge is 2.10. The Balaban J connectivity index is 2.31. The molecule has 0 saturated carbocycles. The molecule has 0 bridgehead atoms. The van der Waals surface area contributed by atoms with Gasteiger partial charge in [-0.25, -0.2) is 9.67 Å². The monoisotopic (exact) mass is 306 g/mol. The quantitative estimate of drug-likeness (QED) is 0.796. The third-order valence-corrected chi connectivity index (χ3v) is 3.74. The van der Waals surface area contributed by atoms with Crippen molar-refractivity contribution in [3.63, 3.8) is 0 Å². The molecule has 0 aliphatic heterocycles. The molecule has 0 spiro atoms. The maximum atomic E-state index is 6.24. The Morgan fingerprint density at radius 3 is 2.67 bits per heavy atom. The molecule has 0 amide bonds. The van der Waals surface area contributed by atoms with E-state index < -0.39 is 0 Å². The average Bonchev–Trinajstić information content (AvgIpc) is 2.93. The van der Waals surface area contributed by atoms with Gasteiger partial charge in [-0.2, -0.15) is 5.10 Å². The topological polar surface area (TPSA) is 42.7 Å². The Morgan fingerprint density at radius 2 is 2.00 bits per heavy atom. The van der Waals surface area contributed by atoms with Crippen molar-refractivity contribution < 1.29 is 0 Å². The first-order chi connectivity index (χ1) is 10.2. The van der Waals surface area contributed by atoms with Crippen LogP contribution in [0.2, 0.25) is 5.02 Å². The molecule has 1 N–H and O–H groups in total. The van der Waals surface area contributed by atoms with Gasteiger partial charge in [0, 0.05) is 12.2 Å². The fourth-order valence-electron chi connectivity index (χ4n) is 2.20. The van der Waals surface area contributed by atoms with E-state index in [1.807, 2.05) is 16.8 Å². The summed E-state index contributed by atoms with van der Waals surface area (Å²) in [5.74, 6) is 0.837. The Morgan fingerprint density at radius 1 is 1.19 bits per heavy atom. The van der Waals surface area contributed by atoms with Gasteiger partial charge in [-0.3, -0.25) is 0 Å². The van der Waals surface area contributed by atoms with Gasteiger partial charge in [0.15, 0.2) is 5.82 Å². The number of aryl methyl sites for hydroxylation is 2. The summed E-state index contributed by atoms with van der Waals surface area (Å²) >= 11 is 6.24. The van der Waals surface area contributed by atoms with Crippen LogP contribution in [-0.2, 0) is 19.4 Å². The fourth-order valence-corrected chi connectivity index (χ4v) is 2.37. The van der Waals surface area contributed by atoms with E-state index in [2.05, 4.69) is 42.2 Å². The van der Waals surface area contributed by atoms with Gasteiger partial charge < -0.3 is 5.32 Å². The number of nitrogens with one attached hydrogen (secondary N) is 1. The van der Waals surface area contributed by atoms with Crippen LogP contribution in [0.3, 0.4) is 0 Å². The molecule has 0 fully saturated rings. The maximum absolute atomic E-state index is 6.24. The fraction of sp³-hybridized carbons (Fsp3) is 0.500. The number of rotatable bonds is 7. The lowest BCUT2D eigenvalue weighted by Crippen LogP contribution is -2.16. The minimum absolute atomic E-state index is 0.684.